The van der Waals surface area contributed by atoms with Crippen LogP contribution in [0.4, 0.5) is 13.2 Å². The number of phosphoric acid groups is 1. The maximum Gasteiger partial charge on any atom is 0.469 e. The Hall–Kier alpha value is -2.34. The van der Waals surface area contributed by atoms with Crippen LogP contribution in [0.25, 0.3) is 10.6 Å². The molecule has 0 saturated carbocycles. The second-order valence-electron chi connectivity index (χ2n) is 9.15. The van der Waals surface area contributed by atoms with E-state index in [2.05, 4.69) is 26.9 Å². The fourth-order valence-corrected chi connectivity index (χ4v) is 4.97. The van der Waals surface area contributed by atoms with E-state index in [1.54, 1.807) is 0 Å². The van der Waals surface area contributed by atoms with Crippen molar-refractivity contribution in [2.75, 3.05) is 13.2 Å². The molecule has 8 nitrogen and oxygen atoms in total. The third kappa shape index (κ3) is 9.44. The highest BCUT2D eigenvalue weighted by Crippen LogP contribution is 2.41. The minimum atomic E-state index is -4.76. The van der Waals surface area contributed by atoms with E-state index in [0.29, 0.717) is 6.42 Å². The summed E-state index contributed by atoms with van der Waals surface area (Å²) in [6.45, 7) is 1.04. The molecule has 0 bridgehead atoms. The van der Waals surface area contributed by atoms with Gasteiger partial charge in [-0.2, -0.15) is 13.2 Å². The van der Waals surface area contributed by atoms with Crippen molar-refractivity contribution in [2.24, 2.45) is 5.73 Å². The van der Waals surface area contributed by atoms with Crippen LogP contribution in [0.3, 0.4) is 0 Å². The van der Waals surface area contributed by atoms with Crippen LogP contribution in [0.15, 0.2) is 48.5 Å². The molecule has 0 saturated heterocycles. The zero-order valence-electron chi connectivity index (χ0n) is 20.9. The first-order valence-electron chi connectivity index (χ1n) is 12.1. The minimum Gasteiger partial charge on any atom is -0.493 e. The van der Waals surface area contributed by atoms with Crippen molar-refractivity contribution in [1.82, 2.24) is 10.2 Å². The normalized spacial score (nSPS) is 13.9. The fourth-order valence-electron chi connectivity index (χ4n) is 3.65. The van der Waals surface area contributed by atoms with E-state index < -0.39 is 31.7 Å². The molecule has 0 aliphatic heterocycles. The molecule has 3 aromatic rings. The van der Waals surface area contributed by atoms with Gasteiger partial charge < -0.3 is 20.3 Å². The maximum atomic E-state index is 13.8. The van der Waals surface area contributed by atoms with E-state index in [4.69, 9.17) is 20.3 Å². The molecule has 208 valence electrons. The summed E-state index contributed by atoms with van der Waals surface area (Å²) in [6, 6.07) is 13.9. The summed E-state index contributed by atoms with van der Waals surface area (Å²) < 4.78 is 62.3. The van der Waals surface area contributed by atoms with Crippen molar-refractivity contribution in [2.45, 2.75) is 57.2 Å². The number of ether oxygens (including phenoxy) is 1. The largest absolute Gasteiger partial charge is 0.493 e. The Morgan fingerprint density at radius 3 is 2.37 bits per heavy atom. The summed E-state index contributed by atoms with van der Waals surface area (Å²) in [5.41, 5.74) is 5.17. The lowest BCUT2D eigenvalue weighted by Gasteiger charge is -2.21. The SMILES string of the molecule is C[C@](N)(COP(=O)(O)O)c1nnc(-c2ccc(OCCCCCCCc3ccccc3)c(C(F)(F)F)c2)s1. The number of nitrogens with zero attached hydrogens (tertiary/aromatic N) is 2. The summed E-state index contributed by atoms with van der Waals surface area (Å²) in [7, 11) is -4.76. The molecular formula is C25H31F3N3O5PS. The topological polar surface area (TPSA) is 128 Å². The molecule has 2 aromatic carbocycles. The van der Waals surface area contributed by atoms with Gasteiger partial charge in [-0.3, -0.25) is 4.52 Å². The minimum absolute atomic E-state index is 0.151. The Morgan fingerprint density at radius 2 is 1.68 bits per heavy atom. The predicted octanol–water partition coefficient (Wildman–Crippen LogP) is 6.08. The smallest absolute Gasteiger partial charge is 0.469 e. The lowest BCUT2D eigenvalue weighted by Crippen LogP contribution is -2.37. The Morgan fingerprint density at radius 1 is 1.00 bits per heavy atom. The maximum absolute atomic E-state index is 13.8. The average Bonchev–Trinajstić information content (AvgIpc) is 3.36. The average molecular weight is 574 g/mol. The monoisotopic (exact) mass is 573 g/mol. The van der Waals surface area contributed by atoms with Crippen molar-refractivity contribution in [3.8, 4) is 16.3 Å². The van der Waals surface area contributed by atoms with Crippen LogP contribution in [0.2, 0.25) is 0 Å². The highest BCUT2D eigenvalue weighted by molar-refractivity contribution is 7.46. The van der Waals surface area contributed by atoms with Gasteiger partial charge in [0.15, 0.2) is 0 Å². The Balaban J connectivity index is 1.55. The Labute approximate surface area is 223 Å². The van der Waals surface area contributed by atoms with Crippen molar-refractivity contribution in [3.05, 3.63) is 64.7 Å². The molecule has 0 aliphatic carbocycles. The second kappa shape index (κ2) is 13.1. The van der Waals surface area contributed by atoms with Crippen molar-refractivity contribution in [3.63, 3.8) is 0 Å². The van der Waals surface area contributed by atoms with Gasteiger partial charge in [0.1, 0.15) is 15.8 Å². The summed E-state index contributed by atoms with van der Waals surface area (Å²) in [4.78, 5) is 17.8. The molecule has 0 spiro atoms. The zero-order chi connectivity index (χ0) is 27.8. The van der Waals surface area contributed by atoms with E-state index in [1.165, 1.54) is 24.6 Å². The number of nitrogens with two attached hydrogens (primary N) is 1. The zero-order valence-corrected chi connectivity index (χ0v) is 22.6. The van der Waals surface area contributed by atoms with E-state index >= 15 is 0 Å². The molecule has 1 heterocycles. The molecule has 1 aromatic heterocycles. The van der Waals surface area contributed by atoms with E-state index in [9.17, 15) is 17.7 Å². The van der Waals surface area contributed by atoms with Crippen LogP contribution in [0.5, 0.6) is 5.75 Å². The molecule has 1 atom stereocenters. The number of aromatic nitrogens is 2. The number of halogens is 3. The van der Waals surface area contributed by atoms with Crippen LogP contribution in [0, 0.1) is 0 Å². The number of benzene rings is 2. The summed E-state index contributed by atoms with van der Waals surface area (Å²) in [5.74, 6) is -0.256. The van der Waals surface area contributed by atoms with Gasteiger partial charge in [-0.15, -0.1) is 10.2 Å². The second-order valence-corrected chi connectivity index (χ2v) is 11.4. The lowest BCUT2D eigenvalue weighted by atomic mass is 10.1. The molecule has 0 fully saturated rings. The molecule has 4 N–H and O–H groups in total. The quantitative estimate of drug-likeness (QED) is 0.156. The molecule has 0 aliphatic rings. The molecule has 0 radical (unpaired) electrons. The van der Waals surface area contributed by atoms with Gasteiger partial charge >= 0.3 is 14.0 Å². The van der Waals surface area contributed by atoms with Crippen LogP contribution in [0.1, 0.15) is 55.2 Å². The highest BCUT2D eigenvalue weighted by atomic mass is 32.1. The van der Waals surface area contributed by atoms with E-state index in [1.807, 2.05) is 18.2 Å². The van der Waals surface area contributed by atoms with Crippen molar-refractivity contribution < 1.29 is 36.8 Å². The standard InChI is InChI=1S/C25H31F3N3O5PS/c1-24(29,17-36-37(32,33)34)23-31-30-22(38-23)19-13-14-21(20(16-19)25(26,27)28)35-15-9-4-2-3-6-10-18-11-7-5-8-12-18/h5,7-8,11-14,16H,2-4,6,9-10,15,17,29H2,1H3,(H2,32,33,34)/t24-/m0/s1. The number of hydrogen-bond acceptors (Lipinski definition) is 7. The summed E-state index contributed by atoms with van der Waals surface area (Å²) >= 11 is 0.910. The van der Waals surface area contributed by atoms with Crippen LogP contribution in [-0.4, -0.2) is 33.2 Å². The molecule has 0 amide bonds. The van der Waals surface area contributed by atoms with Gasteiger partial charge in [-0.25, -0.2) is 4.57 Å². The fraction of sp³-hybridized carbons (Fsp3) is 0.440. The van der Waals surface area contributed by atoms with Gasteiger partial charge in [0.2, 0.25) is 0 Å². The molecular weight excluding hydrogens is 542 g/mol. The van der Waals surface area contributed by atoms with Crippen LogP contribution >= 0.6 is 19.2 Å². The summed E-state index contributed by atoms with van der Waals surface area (Å²) in [5, 5.41) is 8.12. The third-order valence-electron chi connectivity index (χ3n) is 5.69. The first-order chi connectivity index (χ1) is 17.9. The number of phosphoric ester groups is 1. The third-order valence-corrected chi connectivity index (χ3v) is 7.41. The molecule has 38 heavy (non-hydrogen) atoms. The Bertz CT molecular complexity index is 1220. The number of hydrogen-bond donors (Lipinski definition) is 3. The summed E-state index contributed by atoms with van der Waals surface area (Å²) in [6.07, 6.45) is 0.990. The first-order valence-corrected chi connectivity index (χ1v) is 14.4. The molecule has 13 heteroatoms. The van der Waals surface area contributed by atoms with Crippen molar-refractivity contribution >= 4 is 19.2 Å². The van der Waals surface area contributed by atoms with E-state index in [0.717, 1.165) is 49.5 Å². The van der Waals surface area contributed by atoms with Crippen LogP contribution < -0.4 is 10.5 Å². The number of rotatable bonds is 14. The Kier molecular flexibility index (Phi) is 10.4. The number of aryl methyl sites for hydroxylation is 1. The van der Waals surface area contributed by atoms with Gasteiger partial charge in [0.25, 0.3) is 0 Å². The van der Waals surface area contributed by atoms with Gasteiger partial charge in [-0.1, -0.05) is 60.9 Å². The van der Waals surface area contributed by atoms with Crippen molar-refractivity contribution in [1.29, 1.82) is 0 Å². The van der Waals surface area contributed by atoms with Crippen LogP contribution in [-0.2, 0) is 27.2 Å². The predicted molar refractivity (Wildman–Crippen MR) is 139 cm³/mol. The highest BCUT2D eigenvalue weighted by Gasteiger charge is 2.35. The first kappa shape index (κ1) is 30.2. The van der Waals surface area contributed by atoms with Gasteiger partial charge in [0.05, 0.1) is 24.3 Å². The molecule has 3 rings (SSSR count). The number of alkyl halides is 3. The van der Waals surface area contributed by atoms with Gasteiger partial charge in [-0.05, 0) is 49.9 Å². The number of unbranched alkanes of at least 4 members (excludes halogenated alkanes) is 4. The molecule has 0 unspecified atom stereocenters. The van der Waals surface area contributed by atoms with E-state index in [-0.39, 0.29) is 27.9 Å². The van der Waals surface area contributed by atoms with Gasteiger partial charge in [0, 0.05) is 5.56 Å². The lowest BCUT2D eigenvalue weighted by molar-refractivity contribution is -0.138.